The quantitative estimate of drug-likeness (QED) is 0.858. The van der Waals surface area contributed by atoms with E-state index >= 15 is 0 Å². The standard InChI is InChI=1S/C19H24N2O3S/c22-9-6-16-12-20(7-8-21(16)13-17-4-2-10-25-17)11-15-3-1-5-18-19(15)24-14-23-18/h1-5,10,16,22H,6-9,11-14H2. The van der Waals surface area contributed by atoms with E-state index < -0.39 is 0 Å². The first kappa shape index (κ1) is 16.8. The summed E-state index contributed by atoms with van der Waals surface area (Å²) in [5, 5.41) is 11.6. The van der Waals surface area contributed by atoms with Gasteiger partial charge in [0.25, 0.3) is 0 Å². The highest BCUT2D eigenvalue weighted by Crippen LogP contribution is 2.36. The fraction of sp³-hybridized carbons (Fsp3) is 0.474. The Bertz CT molecular complexity index is 692. The van der Waals surface area contributed by atoms with E-state index in [9.17, 15) is 5.11 Å². The second-order valence-corrected chi connectivity index (χ2v) is 7.63. The van der Waals surface area contributed by atoms with Crippen LogP contribution in [0, 0.1) is 0 Å². The van der Waals surface area contributed by atoms with Crippen molar-refractivity contribution < 1.29 is 14.6 Å². The molecule has 6 heteroatoms. The van der Waals surface area contributed by atoms with Gasteiger partial charge in [-0.05, 0) is 23.9 Å². The van der Waals surface area contributed by atoms with Crippen LogP contribution in [-0.4, -0.2) is 54.0 Å². The number of rotatable bonds is 6. The van der Waals surface area contributed by atoms with Crippen LogP contribution in [0.25, 0.3) is 0 Å². The average molecular weight is 360 g/mol. The van der Waals surface area contributed by atoms with Gasteiger partial charge in [-0.25, -0.2) is 0 Å². The topological polar surface area (TPSA) is 45.2 Å². The van der Waals surface area contributed by atoms with Crippen molar-refractivity contribution in [3.8, 4) is 11.5 Å². The van der Waals surface area contributed by atoms with Gasteiger partial charge < -0.3 is 14.6 Å². The lowest BCUT2D eigenvalue weighted by molar-refractivity contribution is 0.0502. The second kappa shape index (κ2) is 7.74. The fourth-order valence-corrected chi connectivity index (χ4v) is 4.42. The number of hydrogen-bond donors (Lipinski definition) is 1. The van der Waals surface area contributed by atoms with Gasteiger partial charge in [-0.15, -0.1) is 11.3 Å². The molecule has 0 saturated carbocycles. The molecule has 0 bridgehead atoms. The summed E-state index contributed by atoms with van der Waals surface area (Å²) in [4.78, 5) is 6.36. The Morgan fingerprint density at radius 1 is 1.12 bits per heavy atom. The van der Waals surface area contributed by atoms with Crippen LogP contribution in [0.3, 0.4) is 0 Å². The number of thiophene rings is 1. The number of benzene rings is 1. The number of piperazine rings is 1. The minimum absolute atomic E-state index is 0.233. The smallest absolute Gasteiger partial charge is 0.231 e. The molecule has 0 amide bonds. The zero-order valence-electron chi connectivity index (χ0n) is 14.3. The molecule has 3 heterocycles. The van der Waals surface area contributed by atoms with Gasteiger partial charge in [-0.3, -0.25) is 9.80 Å². The minimum atomic E-state index is 0.233. The Hall–Kier alpha value is -1.60. The highest BCUT2D eigenvalue weighted by molar-refractivity contribution is 7.09. The highest BCUT2D eigenvalue weighted by atomic mass is 32.1. The van der Waals surface area contributed by atoms with Crippen molar-refractivity contribution in [3.63, 3.8) is 0 Å². The Balaban J connectivity index is 1.42. The predicted molar refractivity (Wildman–Crippen MR) is 98.1 cm³/mol. The Labute approximate surface area is 152 Å². The van der Waals surface area contributed by atoms with Crippen molar-refractivity contribution in [1.82, 2.24) is 9.80 Å². The molecule has 2 aliphatic heterocycles. The molecule has 4 rings (SSSR count). The predicted octanol–water partition coefficient (Wildman–Crippen LogP) is 2.55. The third-order valence-electron chi connectivity index (χ3n) is 4.96. The average Bonchev–Trinajstić information content (AvgIpc) is 3.29. The van der Waals surface area contributed by atoms with Crippen LogP contribution in [-0.2, 0) is 13.1 Å². The zero-order valence-corrected chi connectivity index (χ0v) is 15.1. The molecule has 1 fully saturated rings. The van der Waals surface area contributed by atoms with Crippen LogP contribution in [0.5, 0.6) is 11.5 Å². The normalized spacial score (nSPS) is 20.9. The first-order chi connectivity index (χ1) is 12.3. The van der Waals surface area contributed by atoms with Crippen LogP contribution >= 0.6 is 11.3 Å². The molecule has 1 N–H and O–H groups in total. The Kier molecular flexibility index (Phi) is 5.22. The number of ether oxygens (including phenoxy) is 2. The van der Waals surface area contributed by atoms with Crippen LogP contribution in [0.15, 0.2) is 35.7 Å². The monoisotopic (exact) mass is 360 g/mol. The lowest BCUT2D eigenvalue weighted by atomic mass is 10.1. The molecule has 0 spiro atoms. The van der Waals surface area contributed by atoms with Crippen molar-refractivity contribution in [3.05, 3.63) is 46.2 Å². The molecule has 25 heavy (non-hydrogen) atoms. The number of aliphatic hydroxyl groups excluding tert-OH is 1. The maximum Gasteiger partial charge on any atom is 0.231 e. The van der Waals surface area contributed by atoms with Gasteiger partial charge in [0.15, 0.2) is 11.5 Å². The summed E-state index contributed by atoms with van der Waals surface area (Å²) < 4.78 is 11.1. The number of hydrogen-bond acceptors (Lipinski definition) is 6. The molecular weight excluding hydrogens is 336 g/mol. The summed E-state index contributed by atoms with van der Waals surface area (Å²) in [6.45, 7) is 5.41. The van der Waals surface area contributed by atoms with Crippen molar-refractivity contribution >= 4 is 11.3 Å². The molecule has 1 aromatic carbocycles. The molecule has 1 atom stereocenters. The SMILES string of the molecule is OCCC1CN(Cc2cccc3c2OCO3)CCN1Cc1cccs1. The van der Waals surface area contributed by atoms with E-state index in [-0.39, 0.29) is 6.61 Å². The first-order valence-electron chi connectivity index (χ1n) is 8.80. The maximum absolute atomic E-state index is 9.49. The maximum atomic E-state index is 9.49. The van der Waals surface area contributed by atoms with E-state index in [2.05, 4.69) is 33.4 Å². The van der Waals surface area contributed by atoms with E-state index in [1.807, 2.05) is 12.1 Å². The van der Waals surface area contributed by atoms with E-state index in [0.29, 0.717) is 12.8 Å². The van der Waals surface area contributed by atoms with Crippen LogP contribution in [0.4, 0.5) is 0 Å². The molecule has 0 aliphatic carbocycles. The largest absolute Gasteiger partial charge is 0.454 e. The molecule has 5 nitrogen and oxygen atoms in total. The van der Waals surface area contributed by atoms with Gasteiger partial charge in [-0.2, -0.15) is 0 Å². The van der Waals surface area contributed by atoms with Gasteiger partial charge >= 0.3 is 0 Å². The highest BCUT2D eigenvalue weighted by Gasteiger charge is 2.28. The molecule has 0 radical (unpaired) electrons. The van der Waals surface area contributed by atoms with Crippen LogP contribution < -0.4 is 9.47 Å². The molecule has 134 valence electrons. The summed E-state index contributed by atoms with van der Waals surface area (Å²) in [6.07, 6.45) is 0.814. The third-order valence-corrected chi connectivity index (χ3v) is 5.82. The first-order valence-corrected chi connectivity index (χ1v) is 9.68. The molecule has 1 saturated heterocycles. The molecule has 2 aromatic rings. The van der Waals surface area contributed by atoms with Gasteiger partial charge in [0.05, 0.1) is 0 Å². The van der Waals surface area contributed by atoms with Crippen molar-refractivity contribution in [2.75, 3.05) is 33.0 Å². The van der Waals surface area contributed by atoms with Crippen molar-refractivity contribution in [2.45, 2.75) is 25.6 Å². The zero-order chi connectivity index (χ0) is 17.1. The van der Waals surface area contributed by atoms with E-state index in [0.717, 1.165) is 50.6 Å². The lowest BCUT2D eigenvalue weighted by Crippen LogP contribution is -2.52. The summed E-state index contributed by atoms with van der Waals surface area (Å²) in [5.74, 6) is 1.74. The van der Waals surface area contributed by atoms with Gasteiger partial charge in [0, 0.05) is 55.8 Å². The number of para-hydroxylation sites is 1. The van der Waals surface area contributed by atoms with Crippen molar-refractivity contribution in [1.29, 1.82) is 0 Å². The number of aliphatic hydroxyl groups is 1. The molecular formula is C19H24N2O3S. The van der Waals surface area contributed by atoms with Crippen LogP contribution in [0.1, 0.15) is 16.9 Å². The summed E-state index contributed by atoms with van der Waals surface area (Å²) >= 11 is 1.81. The molecule has 1 aromatic heterocycles. The number of nitrogens with zero attached hydrogens (tertiary/aromatic N) is 2. The Morgan fingerprint density at radius 2 is 2.08 bits per heavy atom. The number of fused-ring (bicyclic) bond motifs is 1. The van der Waals surface area contributed by atoms with Gasteiger partial charge in [0.2, 0.25) is 6.79 Å². The molecule has 2 aliphatic rings. The third kappa shape index (κ3) is 3.82. The lowest BCUT2D eigenvalue weighted by Gasteiger charge is -2.41. The van der Waals surface area contributed by atoms with Crippen LogP contribution in [0.2, 0.25) is 0 Å². The fourth-order valence-electron chi connectivity index (χ4n) is 3.69. The minimum Gasteiger partial charge on any atom is -0.454 e. The molecule has 1 unspecified atom stereocenters. The van der Waals surface area contributed by atoms with E-state index in [1.54, 1.807) is 11.3 Å². The second-order valence-electron chi connectivity index (χ2n) is 6.60. The van der Waals surface area contributed by atoms with Gasteiger partial charge in [-0.1, -0.05) is 18.2 Å². The summed E-state index contributed by atoms with van der Waals surface area (Å²) in [7, 11) is 0. The summed E-state index contributed by atoms with van der Waals surface area (Å²) in [5.41, 5.74) is 1.18. The van der Waals surface area contributed by atoms with Crippen molar-refractivity contribution in [2.24, 2.45) is 0 Å². The van der Waals surface area contributed by atoms with E-state index in [1.165, 1.54) is 10.4 Å². The van der Waals surface area contributed by atoms with Gasteiger partial charge in [0.1, 0.15) is 0 Å². The van der Waals surface area contributed by atoms with E-state index in [4.69, 9.17) is 9.47 Å². The Morgan fingerprint density at radius 3 is 2.92 bits per heavy atom. The summed E-state index contributed by atoms with van der Waals surface area (Å²) in [6, 6.07) is 10.8.